The lowest BCUT2D eigenvalue weighted by Crippen LogP contribution is -2.52. The van der Waals surface area contributed by atoms with E-state index in [1.54, 1.807) is 4.90 Å². The van der Waals surface area contributed by atoms with Crippen LogP contribution in [0.3, 0.4) is 0 Å². The summed E-state index contributed by atoms with van der Waals surface area (Å²) in [6.45, 7) is 2.58. The van der Waals surface area contributed by atoms with Crippen molar-refractivity contribution >= 4 is 17.9 Å². The second kappa shape index (κ2) is 6.96. The van der Waals surface area contributed by atoms with Gasteiger partial charge in [0.25, 0.3) is 0 Å². The zero-order valence-electron chi connectivity index (χ0n) is 11.1. The van der Waals surface area contributed by atoms with Gasteiger partial charge in [0.15, 0.2) is 0 Å². The number of primary amides is 1. The Kier molecular flexibility index (Phi) is 5.59. The standard InChI is InChI=1S/C12H21N3O4/c1-8-4-2-3-7-15(8)12(19)14-9(11(17)18)5-6-10(13)16/h8-9H,2-7H2,1H3,(H2,13,16)(H,14,19)(H,17,18). The van der Waals surface area contributed by atoms with E-state index in [4.69, 9.17) is 10.8 Å². The van der Waals surface area contributed by atoms with Crippen LogP contribution in [0.2, 0.25) is 0 Å². The molecule has 19 heavy (non-hydrogen) atoms. The van der Waals surface area contributed by atoms with Crippen LogP contribution in [0.1, 0.15) is 39.0 Å². The van der Waals surface area contributed by atoms with E-state index >= 15 is 0 Å². The van der Waals surface area contributed by atoms with E-state index < -0.39 is 17.9 Å². The molecule has 1 saturated heterocycles. The molecule has 1 heterocycles. The molecule has 0 aliphatic carbocycles. The lowest BCUT2D eigenvalue weighted by Gasteiger charge is -2.34. The highest BCUT2D eigenvalue weighted by Gasteiger charge is 2.27. The van der Waals surface area contributed by atoms with Crippen molar-refractivity contribution in [3.8, 4) is 0 Å². The summed E-state index contributed by atoms with van der Waals surface area (Å²) < 4.78 is 0. The molecule has 1 aliphatic heterocycles. The highest BCUT2D eigenvalue weighted by Crippen LogP contribution is 2.16. The van der Waals surface area contributed by atoms with Crippen LogP contribution < -0.4 is 11.1 Å². The van der Waals surface area contributed by atoms with Gasteiger partial charge in [0.1, 0.15) is 6.04 Å². The molecule has 7 nitrogen and oxygen atoms in total. The molecular formula is C12H21N3O4. The van der Waals surface area contributed by atoms with E-state index in [0.29, 0.717) is 6.54 Å². The second-order valence-corrected chi connectivity index (χ2v) is 4.88. The number of carbonyl (C=O) groups excluding carboxylic acids is 2. The number of aliphatic carboxylic acids is 1. The lowest BCUT2D eigenvalue weighted by molar-refractivity contribution is -0.139. The summed E-state index contributed by atoms with van der Waals surface area (Å²) in [5.41, 5.74) is 4.98. The Bertz CT molecular complexity index is 359. The molecule has 1 rings (SSSR count). The average Bonchev–Trinajstić information content (AvgIpc) is 2.34. The molecule has 4 N–H and O–H groups in total. The summed E-state index contributed by atoms with van der Waals surface area (Å²) in [7, 11) is 0. The van der Waals surface area contributed by atoms with Crippen molar-refractivity contribution in [3.63, 3.8) is 0 Å². The van der Waals surface area contributed by atoms with Gasteiger partial charge < -0.3 is 21.1 Å². The number of likely N-dealkylation sites (tertiary alicyclic amines) is 1. The molecular weight excluding hydrogens is 250 g/mol. The zero-order valence-corrected chi connectivity index (χ0v) is 11.1. The smallest absolute Gasteiger partial charge is 0.326 e. The number of carbonyl (C=O) groups is 3. The Morgan fingerprint density at radius 2 is 2.11 bits per heavy atom. The summed E-state index contributed by atoms with van der Waals surface area (Å²) >= 11 is 0. The Morgan fingerprint density at radius 3 is 2.63 bits per heavy atom. The van der Waals surface area contributed by atoms with Crippen LogP contribution >= 0.6 is 0 Å². The highest BCUT2D eigenvalue weighted by atomic mass is 16.4. The minimum atomic E-state index is -1.15. The molecule has 7 heteroatoms. The number of hydrogen-bond donors (Lipinski definition) is 3. The third kappa shape index (κ3) is 4.76. The van der Waals surface area contributed by atoms with Gasteiger partial charge in [-0.2, -0.15) is 0 Å². The quantitative estimate of drug-likeness (QED) is 0.667. The second-order valence-electron chi connectivity index (χ2n) is 4.88. The molecule has 0 bridgehead atoms. The number of nitrogens with zero attached hydrogens (tertiary/aromatic N) is 1. The normalized spacial score (nSPS) is 20.7. The molecule has 0 aromatic heterocycles. The number of nitrogens with two attached hydrogens (primary N) is 1. The van der Waals surface area contributed by atoms with Crippen molar-refractivity contribution in [2.45, 2.75) is 51.1 Å². The Balaban J connectivity index is 2.55. The van der Waals surface area contributed by atoms with E-state index in [1.165, 1.54) is 0 Å². The van der Waals surface area contributed by atoms with Crippen molar-refractivity contribution in [3.05, 3.63) is 0 Å². The van der Waals surface area contributed by atoms with Gasteiger partial charge in [0.2, 0.25) is 5.91 Å². The van der Waals surface area contributed by atoms with Crippen molar-refractivity contribution in [2.24, 2.45) is 5.73 Å². The number of nitrogens with one attached hydrogen (secondary N) is 1. The van der Waals surface area contributed by atoms with E-state index in [1.807, 2.05) is 6.92 Å². The van der Waals surface area contributed by atoms with E-state index in [-0.39, 0.29) is 24.9 Å². The van der Waals surface area contributed by atoms with Gasteiger partial charge in [-0.05, 0) is 32.6 Å². The molecule has 1 fully saturated rings. The minimum Gasteiger partial charge on any atom is -0.480 e. The fraction of sp³-hybridized carbons (Fsp3) is 0.750. The van der Waals surface area contributed by atoms with Crippen LogP contribution in [0.5, 0.6) is 0 Å². The number of rotatable bonds is 5. The number of urea groups is 1. The van der Waals surface area contributed by atoms with Crippen molar-refractivity contribution < 1.29 is 19.5 Å². The largest absolute Gasteiger partial charge is 0.480 e. The van der Waals surface area contributed by atoms with Gasteiger partial charge in [-0.25, -0.2) is 9.59 Å². The van der Waals surface area contributed by atoms with Gasteiger partial charge in [0, 0.05) is 19.0 Å². The zero-order chi connectivity index (χ0) is 14.4. The SMILES string of the molecule is CC1CCCCN1C(=O)NC(CCC(N)=O)C(=O)O. The first-order valence-corrected chi connectivity index (χ1v) is 6.50. The number of amides is 3. The van der Waals surface area contributed by atoms with Crippen LogP contribution in [0.4, 0.5) is 4.79 Å². The van der Waals surface area contributed by atoms with Crippen LogP contribution in [-0.2, 0) is 9.59 Å². The van der Waals surface area contributed by atoms with E-state index in [0.717, 1.165) is 19.3 Å². The molecule has 1 aliphatic rings. The summed E-state index contributed by atoms with van der Waals surface area (Å²) in [5, 5.41) is 11.5. The fourth-order valence-electron chi connectivity index (χ4n) is 2.18. The van der Waals surface area contributed by atoms with Gasteiger partial charge >= 0.3 is 12.0 Å². The number of piperidine rings is 1. The predicted molar refractivity (Wildman–Crippen MR) is 68.4 cm³/mol. The molecule has 3 amide bonds. The third-order valence-electron chi connectivity index (χ3n) is 3.34. The maximum atomic E-state index is 12.0. The molecule has 2 atom stereocenters. The van der Waals surface area contributed by atoms with Crippen molar-refractivity contribution in [1.29, 1.82) is 0 Å². The number of carboxylic acid groups (broad SMARTS) is 1. The maximum absolute atomic E-state index is 12.0. The van der Waals surface area contributed by atoms with Crippen LogP contribution in [-0.4, -0.2) is 46.5 Å². The molecule has 0 saturated carbocycles. The van der Waals surface area contributed by atoms with Gasteiger partial charge in [-0.3, -0.25) is 4.79 Å². The molecule has 108 valence electrons. The fourth-order valence-corrected chi connectivity index (χ4v) is 2.18. The molecule has 0 radical (unpaired) electrons. The number of hydrogen-bond acceptors (Lipinski definition) is 3. The van der Waals surface area contributed by atoms with E-state index in [2.05, 4.69) is 5.32 Å². The topological polar surface area (TPSA) is 113 Å². The van der Waals surface area contributed by atoms with Crippen molar-refractivity contribution in [1.82, 2.24) is 10.2 Å². The average molecular weight is 271 g/mol. The summed E-state index contributed by atoms with van der Waals surface area (Å²) in [5.74, 6) is -1.73. The van der Waals surface area contributed by atoms with E-state index in [9.17, 15) is 14.4 Å². The first kappa shape index (κ1) is 15.3. The lowest BCUT2D eigenvalue weighted by atomic mass is 10.0. The molecule has 0 aromatic rings. The minimum absolute atomic E-state index is 0.0125. The first-order valence-electron chi connectivity index (χ1n) is 6.50. The van der Waals surface area contributed by atoms with Crippen molar-refractivity contribution in [2.75, 3.05) is 6.54 Å². The monoisotopic (exact) mass is 271 g/mol. The molecule has 2 unspecified atom stereocenters. The number of carboxylic acids is 1. The Hall–Kier alpha value is -1.79. The van der Waals surface area contributed by atoms with Gasteiger partial charge in [-0.1, -0.05) is 0 Å². The Morgan fingerprint density at radius 1 is 1.42 bits per heavy atom. The third-order valence-corrected chi connectivity index (χ3v) is 3.34. The van der Waals surface area contributed by atoms with Crippen LogP contribution in [0.15, 0.2) is 0 Å². The van der Waals surface area contributed by atoms with Gasteiger partial charge in [0.05, 0.1) is 0 Å². The summed E-state index contributed by atoms with van der Waals surface area (Å²) in [6.07, 6.45) is 2.88. The molecule has 0 aromatic carbocycles. The summed E-state index contributed by atoms with van der Waals surface area (Å²) in [6, 6.07) is -1.35. The summed E-state index contributed by atoms with van der Waals surface area (Å²) in [4.78, 5) is 35.3. The van der Waals surface area contributed by atoms with Crippen LogP contribution in [0.25, 0.3) is 0 Å². The highest BCUT2D eigenvalue weighted by molar-refractivity contribution is 5.83. The Labute approximate surface area is 112 Å². The first-order chi connectivity index (χ1) is 8.91. The predicted octanol–water partition coefficient (Wildman–Crippen LogP) is 0.289. The van der Waals surface area contributed by atoms with Gasteiger partial charge in [-0.15, -0.1) is 0 Å². The van der Waals surface area contributed by atoms with Crippen LogP contribution in [0, 0.1) is 0 Å². The maximum Gasteiger partial charge on any atom is 0.326 e. The molecule has 0 spiro atoms.